The van der Waals surface area contributed by atoms with Crippen molar-refractivity contribution in [2.75, 3.05) is 23.9 Å². The van der Waals surface area contributed by atoms with Crippen LogP contribution in [0.1, 0.15) is 12.5 Å². The lowest BCUT2D eigenvalue weighted by Gasteiger charge is -2.12. The van der Waals surface area contributed by atoms with Crippen LogP contribution in [0.3, 0.4) is 0 Å². The molecule has 0 aliphatic rings. The number of thioether (sulfide) groups is 2. The highest BCUT2D eigenvalue weighted by Gasteiger charge is 2.16. The molecule has 0 heterocycles. The SMILES string of the molecule is CSc1ccc(S(=O)(=O)NCCSCc2ccccc2F)cc1NC(C)=O. The van der Waals surface area contributed by atoms with Crippen molar-refractivity contribution < 1.29 is 17.6 Å². The second-order valence-electron chi connectivity index (χ2n) is 5.59. The van der Waals surface area contributed by atoms with Gasteiger partial charge < -0.3 is 5.32 Å². The molecule has 0 fully saturated rings. The van der Waals surface area contributed by atoms with Crippen LogP contribution in [0, 0.1) is 5.82 Å². The summed E-state index contributed by atoms with van der Waals surface area (Å²) in [5, 5.41) is 2.65. The number of carbonyl (C=O) groups excluding carboxylic acids is 1. The molecule has 5 nitrogen and oxygen atoms in total. The van der Waals surface area contributed by atoms with E-state index < -0.39 is 10.0 Å². The Morgan fingerprint density at radius 1 is 1.19 bits per heavy atom. The molecule has 146 valence electrons. The number of anilines is 1. The Morgan fingerprint density at radius 3 is 2.59 bits per heavy atom. The minimum atomic E-state index is -3.69. The van der Waals surface area contributed by atoms with Gasteiger partial charge in [0.1, 0.15) is 5.82 Å². The van der Waals surface area contributed by atoms with Crippen molar-refractivity contribution in [2.45, 2.75) is 22.5 Å². The van der Waals surface area contributed by atoms with Crippen LogP contribution in [-0.2, 0) is 20.6 Å². The van der Waals surface area contributed by atoms with Crippen molar-refractivity contribution in [3.8, 4) is 0 Å². The Labute approximate surface area is 167 Å². The molecule has 0 spiro atoms. The lowest BCUT2D eigenvalue weighted by atomic mass is 10.2. The average molecular weight is 429 g/mol. The molecule has 0 saturated carbocycles. The van der Waals surface area contributed by atoms with Crippen LogP contribution in [-0.4, -0.2) is 32.9 Å². The molecule has 27 heavy (non-hydrogen) atoms. The van der Waals surface area contributed by atoms with Gasteiger partial charge in [-0.3, -0.25) is 4.79 Å². The van der Waals surface area contributed by atoms with Gasteiger partial charge in [0.25, 0.3) is 0 Å². The molecule has 0 aliphatic carbocycles. The van der Waals surface area contributed by atoms with Gasteiger partial charge in [-0.1, -0.05) is 18.2 Å². The Bertz CT molecular complexity index is 904. The summed E-state index contributed by atoms with van der Waals surface area (Å²) in [6.45, 7) is 1.59. The highest BCUT2D eigenvalue weighted by Crippen LogP contribution is 2.28. The molecule has 2 N–H and O–H groups in total. The Balaban J connectivity index is 1.94. The fourth-order valence-corrected chi connectivity index (χ4v) is 4.84. The number of sulfonamides is 1. The molecule has 1 amide bonds. The summed E-state index contributed by atoms with van der Waals surface area (Å²) in [5.74, 6) is 0.459. The lowest BCUT2D eigenvalue weighted by Crippen LogP contribution is -2.26. The molecule has 0 radical (unpaired) electrons. The van der Waals surface area contributed by atoms with Gasteiger partial charge in [-0.15, -0.1) is 11.8 Å². The van der Waals surface area contributed by atoms with Gasteiger partial charge in [0.2, 0.25) is 15.9 Å². The molecular formula is C18H21FN2O3S3. The third-order valence-electron chi connectivity index (χ3n) is 3.55. The second-order valence-corrected chi connectivity index (χ2v) is 9.31. The Morgan fingerprint density at radius 2 is 1.93 bits per heavy atom. The summed E-state index contributed by atoms with van der Waals surface area (Å²) >= 11 is 2.86. The maximum atomic E-state index is 13.5. The molecule has 0 aliphatic heterocycles. The van der Waals surface area contributed by atoms with Crippen LogP contribution in [0.25, 0.3) is 0 Å². The highest BCUT2D eigenvalue weighted by atomic mass is 32.2. The number of hydrogen-bond donors (Lipinski definition) is 2. The van der Waals surface area contributed by atoms with Crippen LogP contribution in [0.15, 0.2) is 52.3 Å². The summed E-state index contributed by atoms with van der Waals surface area (Å²) in [5.41, 5.74) is 1.06. The van der Waals surface area contributed by atoms with Crippen molar-refractivity contribution >= 4 is 45.1 Å². The largest absolute Gasteiger partial charge is 0.325 e. The maximum absolute atomic E-state index is 13.5. The molecule has 2 aromatic rings. The highest BCUT2D eigenvalue weighted by molar-refractivity contribution is 7.99. The van der Waals surface area contributed by atoms with Gasteiger partial charge in [-0.2, -0.15) is 11.8 Å². The van der Waals surface area contributed by atoms with Crippen LogP contribution < -0.4 is 10.0 Å². The normalized spacial score (nSPS) is 11.4. The first kappa shape index (κ1) is 21.7. The summed E-state index contributed by atoms with van der Waals surface area (Å²) in [4.78, 5) is 12.2. The van der Waals surface area contributed by atoms with Crippen LogP contribution in [0.2, 0.25) is 0 Å². The number of nitrogens with one attached hydrogen (secondary N) is 2. The van der Waals surface area contributed by atoms with Crippen molar-refractivity contribution in [1.82, 2.24) is 4.72 Å². The van der Waals surface area contributed by atoms with Crippen LogP contribution >= 0.6 is 23.5 Å². The smallest absolute Gasteiger partial charge is 0.240 e. The predicted octanol–water partition coefficient (Wildman–Crippen LogP) is 3.72. The molecule has 0 atom stereocenters. The van der Waals surface area contributed by atoms with Crippen molar-refractivity contribution in [3.05, 3.63) is 53.8 Å². The van der Waals surface area contributed by atoms with Gasteiger partial charge in [0.15, 0.2) is 0 Å². The predicted molar refractivity (Wildman–Crippen MR) is 110 cm³/mol. The van der Waals surface area contributed by atoms with Gasteiger partial charge in [-0.05, 0) is 36.1 Å². The first-order valence-corrected chi connectivity index (χ1v) is 12.0. The Hall–Kier alpha value is -1.55. The minimum absolute atomic E-state index is 0.0863. The molecule has 2 rings (SSSR count). The first-order chi connectivity index (χ1) is 12.8. The van der Waals surface area contributed by atoms with Gasteiger partial charge in [-0.25, -0.2) is 17.5 Å². The van der Waals surface area contributed by atoms with E-state index in [0.29, 0.717) is 22.8 Å². The molecule has 0 bridgehead atoms. The topological polar surface area (TPSA) is 75.3 Å². The fourth-order valence-electron chi connectivity index (χ4n) is 2.27. The van der Waals surface area contributed by atoms with Crippen molar-refractivity contribution in [2.24, 2.45) is 0 Å². The summed E-state index contributed by atoms with van der Waals surface area (Å²) in [6, 6.07) is 11.1. The third kappa shape index (κ3) is 6.53. The number of carbonyl (C=O) groups is 1. The van der Waals surface area contributed by atoms with E-state index in [-0.39, 0.29) is 23.2 Å². The van der Waals surface area contributed by atoms with Gasteiger partial charge in [0, 0.05) is 29.9 Å². The average Bonchev–Trinajstić information content (AvgIpc) is 2.62. The summed E-state index contributed by atoms with van der Waals surface area (Å²) < 4.78 is 41.0. The summed E-state index contributed by atoms with van der Waals surface area (Å²) in [6.07, 6.45) is 1.85. The van der Waals surface area contributed by atoms with Gasteiger partial charge in [0.05, 0.1) is 10.6 Å². The van der Waals surface area contributed by atoms with E-state index >= 15 is 0 Å². The molecular weight excluding hydrogens is 407 g/mol. The number of halogens is 1. The number of benzene rings is 2. The quantitative estimate of drug-likeness (QED) is 0.470. The zero-order chi connectivity index (χ0) is 19.9. The van der Waals surface area contributed by atoms with Gasteiger partial charge >= 0.3 is 0 Å². The minimum Gasteiger partial charge on any atom is -0.325 e. The third-order valence-corrected chi connectivity index (χ3v) is 6.81. The Kier molecular flexibility index (Phi) is 8.15. The fraction of sp³-hybridized carbons (Fsp3) is 0.278. The zero-order valence-electron chi connectivity index (χ0n) is 15.0. The lowest BCUT2D eigenvalue weighted by molar-refractivity contribution is -0.114. The van der Waals surface area contributed by atoms with E-state index in [1.807, 2.05) is 6.26 Å². The summed E-state index contributed by atoms with van der Waals surface area (Å²) in [7, 11) is -3.69. The van der Waals surface area contributed by atoms with Crippen molar-refractivity contribution in [1.29, 1.82) is 0 Å². The van der Waals surface area contributed by atoms with E-state index in [4.69, 9.17) is 0 Å². The van der Waals surface area contributed by atoms with E-state index in [9.17, 15) is 17.6 Å². The monoisotopic (exact) mass is 428 g/mol. The van der Waals surface area contributed by atoms with E-state index in [0.717, 1.165) is 4.90 Å². The molecule has 0 aromatic heterocycles. The maximum Gasteiger partial charge on any atom is 0.240 e. The zero-order valence-corrected chi connectivity index (χ0v) is 17.4. The molecule has 9 heteroatoms. The molecule has 0 unspecified atom stereocenters. The first-order valence-electron chi connectivity index (χ1n) is 8.10. The van der Waals surface area contributed by atoms with Crippen molar-refractivity contribution in [3.63, 3.8) is 0 Å². The van der Waals surface area contributed by atoms with E-state index in [2.05, 4.69) is 10.0 Å². The van der Waals surface area contributed by atoms with Crippen LogP contribution in [0.4, 0.5) is 10.1 Å². The number of hydrogen-bond acceptors (Lipinski definition) is 5. The van der Waals surface area contributed by atoms with E-state index in [1.165, 1.54) is 48.6 Å². The molecule has 0 saturated heterocycles. The second kappa shape index (κ2) is 10.1. The number of rotatable bonds is 9. The number of amides is 1. The standard InChI is InChI=1S/C18H21FN2O3S3/c1-13(22)21-17-11-15(7-8-18(17)25-2)27(23,24)20-9-10-26-12-14-5-3-4-6-16(14)19/h3-8,11,20H,9-10,12H2,1-2H3,(H,21,22). The van der Waals surface area contributed by atoms with Crippen LogP contribution in [0.5, 0.6) is 0 Å². The van der Waals surface area contributed by atoms with E-state index in [1.54, 1.807) is 24.3 Å². The molecule has 2 aromatic carbocycles.